The van der Waals surface area contributed by atoms with Crippen molar-refractivity contribution in [1.29, 1.82) is 0 Å². The molecule has 19 heavy (non-hydrogen) atoms. The van der Waals surface area contributed by atoms with Gasteiger partial charge in [0.25, 0.3) is 0 Å². The summed E-state index contributed by atoms with van der Waals surface area (Å²) >= 11 is 7.36. The van der Waals surface area contributed by atoms with Crippen LogP contribution in [0, 0.1) is 0 Å². The Morgan fingerprint density at radius 1 is 1.32 bits per heavy atom. The number of aryl methyl sites for hydroxylation is 1. The van der Waals surface area contributed by atoms with Crippen LogP contribution in [-0.4, -0.2) is 18.7 Å². The monoisotopic (exact) mass is 293 g/mol. The van der Waals surface area contributed by atoms with Gasteiger partial charge in [-0.25, -0.2) is 0 Å². The Hall–Kier alpha value is -1.03. The number of aliphatic hydroxyl groups excluding tert-OH is 1. The van der Waals surface area contributed by atoms with Gasteiger partial charge in [0.1, 0.15) is 6.10 Å². The van der Waals surface area contributed by atoms with Gasteiger partial charge in [0.05, 0.1) is 4.34 Å². The zero-order chi connectivity index (χ0) is 13.4. The SMILES string of the molecule is CN1CCCc2cc(C(O)c3ccc(Cl)s3)ccc21. The number of anilines is 1. The number of rotatable bonds is 2. The number of aliphatic hydroxyl groups is 1. The van der Waals surface area contributed by atoms with E-state index in [9.17, 15) is 5.11 Å². The maximum atomic E-state index is 10.4. The molecule has 1 aliphatic heterocycles. The fourth-order valence-electron chi connectivity index (χ4n) is 2.61. The predicted molar refractivity (Wildman–Crippen MR) is 81.4 cm³/mol. The molecule has 0 aliphatic carbocycles. The first-order valence-electron chi connectivity index (χ1n) is 6.42. The van der Waals surface area contributed by atoms with Crippen LogP contribution in [0.4, 0.5) is 5.69 Å². The highest BCUT2D eigenvalue weighted by molar-refractivity contribution is 7.16. The number of hydrogen-bond acceptors (Lipinski definition) is 3. The van der Waals surface area contributed by atoms with E-state index < -0.39 is 6.10 Å². The van der Waals surface area contributed by atoms with Crippen molar-refractivity contribution in [3.63, 3.8) is 0 Å². The molecule has 100 valence electrons. The van der Waals surface area contributed by atoms with E-state index in [-0.39, 0.29) is 0 Å². The van der Waals surface area contributed by atoms with Crippen molar-refractivity contribution in [2.24, 2.45) is 0 Å². The zero-order valence-corrected chi connectivity index (χ0v) is 12.3. The van der Waals surface area contributed by atoms with E-state index >= 15 is 0 Å². The Morgan fingerprint density at radius 3 is 2.89 bits per heavy atom. The normalized spacial score (nSPS) is 16.3. The molecule has 1 aromatic carbocycles. The molecular weight excluding hydrogens is 278 g/mol. The zero-order valence-electron chi connectivity index (χ0n) is 10.8. The van der Waals surface area contributed by atoms with Crippen LogP contribution in [0.25, 0.3) is 0 Å². The summed E-state index contributed by atoms with van der Waals surface area (Å²) in [6.07, 6.45) is 1.69. The van der Waals surface area contributed by atoms with E-state index in [1.807, 2.05) is 18.2 Å². The maximum absolute atomic E-state index is 10.4. The van der Waals surface area contributed by atoms with Crippen LogP contribution in [0.1, 0.15) is 28.5 Å². The molecule has 0 spiro atoms. The number of thiophene rings is 1. The number of benzene rings is 1. The predicted octanol–water partition coefficient (Wildman–Crippen LogP) is 3.87. The number of nitrogens with zero attached hydrogens (tertiary/aromatic N) is 1. The molecule has 0 fully saturated rings. The first kappa shape index (κ1) is 13.0. The largest absolute Gasteiger partial charge is 0.383 e. The smallest absolute Gasteiger partial charge is 0.113 e. The lowest BCUT2D eigenvalue weighted by Gasteiger charge is -2.28. The molecule has 0 saturated heterocycles. The van der Waals surface area contributed by atoms with Gasteiger partial charge in [-0.15, -0.1) is 11.3 Å². The Kier molecular flexibility index (Phi) is 3.52. The molecule has 0 amide bonds. The lowest BCUT2D eigenvalue weighted by atomic mass is 9.97. The first-order valence-corrected chi connectivity index (χ1v) is 7.62. The average molecular weight is 294 g/mol. The van der Waals surface area contributed by atoms with Crippen molar-refractivity contribution >= 4 is 28.6 Å². The van der Waals surface area contributed by atoms with Crippen LogP contribution in [0.5, 0.6) is 0 Å². The van der Waals surface area contributed by atoms with E-state index in [1.165, 1.54) is 29.0 Å². The molecule has 1 N–H and O–H groups in total. The Morgan fingerprint density at radius 2 is 2.16 bits per heavy atom. The summed E-state index contributed by atoms with van der Waals surface area (Å²) < 4.78 is 0.715. The summed E-state index contributed by atoms with van der Waals surface area (Å²) in [5.74, 6) is 0. The van der Waals surface area contributed by atoms with Crippen molar-refractivity contribution in [2.45, 2.75) is 18.9 Å². The van der Waals surface area contributed by atoms with Crippen LogP contribution >= 0.6 is 22.9 Å². The van der Waals surface area contributed by atoms with Crippen molar-refractivity contribution < 1.29 is 5.11 Å². The van der Waals surface area contributed by atoms with Gasteiger partial charge in [0.15, 0.2) is 0 Å². The molecule has 1 atom stereocenters. The molecule has 2 aromatic rings. The molecular formula is C15H16ClNOS. The Balaban J connectivity index is 1.93. The van der Waals surface area contributed by atoms with Crippen molar-refractivity contribution in [3.8, 4) is 0 Å². The topological polar surface area (TPSA) is 23.5 Å². The summed E-state index contributed by atoms with van der Waals surface area (Å²) in [6.45, 7) is 1.11. The molecule has 1 aromatic heterocycles. The van der Waals surface area contributed by atoms with Gasteiger partial charge in [-0.05, 0) is 42.2 Å². The Bertz CT molecular complexity index is 596. The second-order valence-electron chi connectivity index (χ2n) is 4.96. The lowest BCUT2D eigenvalue weighted by Crippen LogP contribution is -2.24. The number of fused-ring (bicyclic) bond motifs is 1. The van der Waals surface area contributed by atoms with Crippen LogP contribution in [0.15, 0.2) is 30.3 Å². The molecule has 1 aliphatic rings. The van der Waals surface area contributed by atoms with Gasteiger partial charge in [0.2, 0.25) is 0 Å². The van der Waals surface area contributed by atoms with E-state index in [4.69, 9.17) is 11.6 Å². The second-order valence-corrected chi connectivity index (χ2v) is 6.70. The molecule has 2 nitrogen and oxygen atoms in total. The van der Waals surface area contributed by atoms with E-state index in [0.29, 0.717) is 4.34 Å². The third-order valence-corrected chi connectivity index (χ3v) is 4.92. The minimum Gasteiger partial charge on any atom is -0.383 e. The standard InChI is InChI=1S/C15H16ClNOS/c1-17-8-2-3-10-9-11(4-5-12(10)17)15(18)13-6-7-14(16)19-13/h4-7,9,15,18H,2-3,8H2,1H3. The van der Waals surface area contributed by atoms with Crippen LogP contribution in [0.3, 0.4) is 0 Å². The highest BCUT2D eigenvalue weighted by Crippen LogP contribution is 2.34. The average Bonchev–Trinajstić information content (AvgIpc) is 2.84. The van der Waals surface area contributed by atoms with Crippen LogP contribution in [-0.2, 0) is 6.42 Å². The van der Waals surface area contributed by atoms with Gasteiger partial charge in [-0.3, -0.25) is 0 Å². The molecule has 0 saturated carbocycles. The van der Waals surface area contributed by atoms with Gasteiger partial charge in [0, 0.05) is 24.2 Å². The highest BCUT2D eigenvalue weighted by Gasteiger charge is 2.18. The lowest BCUT2D eigenvalue weighted by molar-refractivity contribution is 0.224. The van der Waals surface area contributed by atoms with Crippen molar-refractivity contribution in [3.05, 3.63) is 50.7 Å². The van der Waals surface area contributed by atoms with E-state index in [1.54, 1.807) is 0 Å². The highest BCUT2D eigenvalue weighted by atomic mass is 35.5. The fourth-order valence-corrected chi connectivity index (χ4v) is 3.69. The summed E-state index contributed by atoms with van der Waals surface area (Å²) in [7, 11) is 2.12. The molecule has 1 unspecified atom stereocenters. The number of halogens is 1. The van der Waals surface area contributed by atoms with E-state index in [2.05, 4.69) is 24.1 Å². The quantitative estimate of drug-likeness (QED) is 0.909. The number of hydrogen-bond donors (Lipinski definition) is 1. The first-order chi connectivity index (χ1) is 9.15. The molecule has 0 bridgehead atoms. The maximum Gasteiger partial charge on any atom is 0.113 e. The van der Waals surface area contributed by atoms with Crippen LogP contribution in [0.2, 0.25) is 4.34 Å². The second kappa shape index (κ2) is 5.16. The minimum atomic E-state index is -0.574. The molecule has 2 heterocycles. The van der Waals surface area contributed by atoms with E-state index in [0.717, 1.165) is 23.4 Å². The summed E-state index contributed by atoms with van der Waals surface area (Å²) in [6, 6.07) is 9.98. The molecule has 4 heteroatoms. The van der Waals surface area contributed by atoms with Crippen molar-refractivity contribution in [2.75, 3.05) is 18.5 Å². The summed E-state index contributed by atoms with van der Waals surface area (Å²) in [4.78, 5) is 3.17. The van der Waals surface area contributed by atoms with Gasteiger partial charge >= 0.3 is 0 Å². The van der Waals surface area contributed by atoms with Crippen LogP contribution < -0.4 is 4.90 Å². The fraction of sp³-hybridized carbons (Fsp3) is 0.333. The summed E-state index contributed by atoms with van der Waals surface area (Å²) in [5.41, 5.74) is 3.56. The summed E-state index contributed by atoms with van der Waals surface area (Å²) in [5, 5.41) is 10.4. The van der Waals surface area contributed by atoms with Gasteiger partial charge in [-0.1, -0.05) is 23.7 Å². The third kappa shape index (κ3) is 2.50. The van der Waals surface area contributed by atoms with Crippen molar-refractivity contribution in [1.82, 2.24) is 0 Å². The molecule has 3 rings (SSSR count). The third-order valence-electron chi connectivity index (χ3n) is 3.63. The Labute approximate surface area is 122 Å². The van der Waals surface area contributed by atoms with Gasteiger partial charge < -0.3 is 10.0 Å². The molecule has 0 radical (unpaired) electrons. The van der Waals surface area contributed by atoms with Gasteiger partial charge in [-0.2, -0.15) is 0 Å². The minimum absolute atomic E-state index is 0.574.